The van der Waals surface area contributed by atoms with Gasteiger partial charge in [0.2, 0.25) is 0 Å². The Balaban J connectivity index is 1.49. The quantitative estimate of drug-likeness (QED) is 0.281. The fraction of sp³-hybridized carbons (Fsp3) is 0.250. The highest BCUT2D eigenvalue weighted by Crippen LogP contribution is 2.29. The van der Waals surface area contributed by atoms with E-state index in [0.29, 0.717) is 17.4 Å². The Morgan fingerprint density at radius 1 is 0.973 bits per heavy atom. The molecule has 0 saturated carbocycles. The van der Waals surface area contributed by atoms with E-state index in [2.05, 4.69) is 57.7 Å². The maximum absolute atomic E-state index is 13.7. The zero-order chi connectivity index (χ0) is 25.8. The number of aromatic nitrogens is 7. The number of imidazole rings is 1. The molecule has 0 atom stereocenters. The van der Waals surface area contributed by atoms with Crippen LogP contribution in [0.1, 0.15) is 43.5 Å². The highest BCUT2D eigenvalue weighted by molar-refractivity contribution is 6.32. The maximum atomic E-state index is 13.7. The molecule has 1 N–H and O–H groups in total. The summed E-state index contributed by atoms with van der Waals surface area (Å²) in [6, 6.07) is 16.0. The molecule has 3 heterocycles. The van der Waals surface area contributed by atoms with Gasteiger partial charge in [-0.05, 0) is 57.7 Å². The van der Waals surface area contributed by atoms with Crippen LogP contribution in [0.25, 0.3) is 28.2 Å². The van der Waals surface area contributed by atoms with Crippen molar-refractivity contribution in [3.05, 3.63) is 99.4 Å². The van der Waals surface area contributed by atoms with Gasteiger partial charge in [0.25, 0.3) is 0 Å². The molecule has 3 aromatic heterocycles. The Bertz CT molecular complexity index is 1550. The second-order valence-corrected chi connectivity index (χ2v) is 9.38. The van der Waals surface area contributed by atoms with Crippen LogP contribution in [-0.4, -0.2) is 34.7 Å². The van der Waals surface area contributed by atoms with E-state index in [0.717, 1.165) is 64.9 Å². The monoisotopic (exact) mass is 513 g/mol. The zero-order valence-corrected chi connectivity index (χ0v) is 21.6. The van der Waals surface area contributed by atoms with Gasteiger partial charge in [-0.3, -0.25) is 14.1 Å². The van der Waals surface area contributed by atoms with Crippen LogP contribution in [0.2, 0.25) is 5.02 Å². The van der Waals surface area contributed by atoms with Gasteiger partial charge in [-0.15, -0.1) is 5.10 Å². The van der Waals surface area contributed by atoms with Crippen molar-refractivity contribution in [2.24, 2.45) is 0 Å². The summed E-state index contributed by atoms with van der Waals surface area (Å²) in [4.78, 5) is 17.9. The van der Waals surface area contributed by atoms with E-state index in [1.54, 1.807) is 17.0 Å². The summed E-state index contributed by atoms with van der Waals surface area (Å²) in [7, 11) is 0. The van der Waals surface area contributed by atoms with E-state index in [1.165, 1.54) is 0 Å². The van der Waals surface area contributed by atoms with Crippen LogP contribution in [0.15, 0.2) is 71.9 Å². The van der Waals surface area contributed by atoms with E-state index in [-0.39, 0.29) is 5.69 Å². The SMILES string of the molecule is CCCc1cccc(Cl)c1-n1cc(CCC)n(Cc2ccc(-c3ccncc3-c3nnn[nH]3)cc2)c1=O. The van der Waals surface area contributed by atoms with Gasteiger partial charge in [0, 0.05) is 29.8 Å². The second kappa shape index (κ2) is 10.9. The second-order valence-electron chi connectivity index (χ2n) is 8.97. The first-order valence-electron chi connectivity index (χ1n) is 12.5. The molecule has 9 heteroatoms. The van der Waals surface area contributed by atoms with Crippen LogP contribution in [0.3, 0.4) is 0 Å². The maximum Gasteiger partial charge on any atom is 0.333 e. The molecule has 0 aliphatic heterocycles. The minimum Gasteiger partial charge on any atom is -0.292 e. The van der Waals surface area contributed by atoms with Gasteiger partial charge >= 0.3 is 5.69 Å². The van der Waals surface area contributed by atoms with Crippen molar-refractivity contribution in [3.63, 3.8) is 0 Å². The van der Waals surface area contributed by atoms with Crippen molar-refractivity contribution in [2.45, 2.75) is 46.1 Å². The number of nitrogens with zero attached hydrogens (tertiary/aromatic N) is 6. The highest BCUT2D eigenvalue weighted by Gasteiger charge is 2.17. The van der Waals surface area contributed by atoms with Gasteiger partial charge in [0.05, 0.1) is 17.3 Å². The molecule has 0 aliphatic rings. The number of aryl methyl sites for hydroxylation is 2. The predicted molar refractivity (Wildman–Crippen MR) is 145 cm³/mol. The number of rotatable bonds is 9. The van der Waals surface area contributed by atoms with Gasteiger partial charge in [-0.1, -0.05) is 74.7 Å². The van der Waals surface area contributed by atoms with Crippen molar-refractivity contribution >= 4 is 11.6 Å². The number of aromatic amines is 1. The first-order chi connectivity index (χ1) is 18.1. The molecule has 0 spiro atoms. The van der Waals surface area contributed by atoms with E-state index in [9.17, 15) is 4.79 Å². The molecule has 188 valence electrons. The Kier molecular flexibility index (Phi) is 7.28. The van der Waals surface area contributed by atoms with Crippen LogP contribution in [0.5, 0.6) is 0 Å². The summed E-state index contributed by atoms with van der Waals surface area (Å²) in [5.41, 5.74) is 6.62. The Hall–Kier alpha value is -4.04. The minimum atomic E-state index is -0.0766. The van der Waals surface area contributed by atoms with E-state index in [1.807, 2.05) is 41.1 Å². The first-order valence-corrected chi connectivity index (χ1v) is 12.8. The average molecular weight is 514 g/mol. The molecule has 37 heavy (non-hydrogen) atoms. The van der Waals surface area contributed by atoms with Crippen LogP contribution in [0, 0.1) is 0 Å². The molecule has 5 rings (SSSR count). The molecular formula is C28H28ClN7O. The number of nitrogens with one attached hydrogen (secondary N) is 1. The molecule has 0 aliphatic carbocycles. The lowest BCUT2D eigenvalue weighted by atomic mass is 10.00. The average Bonchev–Trinajstić information content (AvgIpc) is 3.55. The third-order valence-electron chi connectivity index (χ3n) is 6.43. The van der Waals surface area contributed by atoms with E-state index >= 15 is 0 Å². The number of pyridine rings is 1. The molecule has 0 bridgehead atoms. The van der Waals surface area contributed by atoms with Crippen LogP contribution >= 0.6 is 11.6 Å². The molecule has 0 saturated heterocycles. The molecule has 0 fully saturated rings. The summed E-state index contributed by atoms with van der Waals surface area (Å²) in [5, 5.41) is 14.8. The molecule has 2 aromatic carbocycles. The van der Waals surface area contributed by atoms with Crippen molar-refractivity contribution in [1.82, 2.24) is 34.7 Å². The fourth-order valence-electron chi connectivity index (χ4n) is 4.69. The number of tetrazole rings is 1. The number of halogens is 1. The minimum absolute atomic E-state index is 0.0766. The Morgan fingerprint density at radius 2 is 1.78 bits per heavy atom. The normalized spacial score (nSPS) is 11.2. The summed E-state index contributed by atoms with van der Waals surface area (Å²) >= 11 is 6.61. The van der Waals surface area contributed by atoms with Gasteiger partial charge in [-0.2, -0.15) is 0 Å². The van der Waals surface area contributed by atoms with Gasteiger partial charge in [-0.25, -0.2) is 9.89 Å². The summed E-state index contributed by atoms with van der Waals surface area (Å²) < 4.78 is 3.58. The highest BCUT2D eigenvalue weighted by atomic mass is 35.5. The number of hydrogen-bond acceptors (Lipinski definition) is 5. The molecule has 0 amide bonds. The van der Waals surface area contributed by atoms with Gasteiger partial charge in [0.1, 0.15) is 0 Å². The van der Waals surface area contributed by atoms with E-state index in [4.69, 9.17) is 11.6 Å². The number of H-pyrrole nitrogens is 1. The fourth-order valence-corrected chi connectivity index (χ4v) is 4.98. The molecule has 5 aromatic rings. The summed E-state index contributed by atoms with van der Waals surface area (Å²) in [5.74, 6) is 0.561. The molecule has 8 nitrogen and oxygen atoms in total. The summed E-state index contributed by atoms with van der Waals surface area (Å²) in [6.07, 6.45) is 9.02. The predicted octanol–water partition coefficient (Wildman–Crippen LogP) is 5.49. The van der Waals surface area contributed by atoms with Crippen molar-refractivity contribution in [3.8, 4) is 28.2 Å². The largest absolute Gasteiger partial charge is 0.333 e. The molecule has 0 radical (unpaired) electrons. The molecular weight excluding hydrogens is 486 g/mol. The number of hydrogen-bond donors (Lipinski definition) is 1. The van der Waals surface area contributed by atoms with Gasteiger partial charge in [0.15, 0.2) is 5.82 Å². The van der Waals surface area contributed by atoms with E-state index < -0.39 is 0 Å². The summed E-state index contributed by atoms with van der Waals surface area (Å²) in [6.45, 7) is 4.72. The zero-order valence-electron chi connectivity index (χ0n) is 20.9. The van der Waals surface area contributed by atoms with Crippen molar-refractivity contribution in [2.75, 3.05) is 0 Å². The van der Waals surface area contributed by atoms with Crippen LogP contribution < -0.4 is 5.69 Å². The third kappa shape index (κ3) is 4.97. The van der Waals surface area contributed by atoms with Crippen molar-refractivity contribution < 1.29 is 0 Å². The van der Waals surface area contributed by atoms with Crippen LogP contribution in [-0.2, 0) is 19.4 Å². The Labute approximate surface area is 220 Å². The lowest BCUT2D eigenvalue weighted by Crippen LogP contribution is -2.25. The first kappa shape index (κ1) is 24.6. The van der Waals surface area contributed by atoms with Crippen LogP contribution in [0.4, 0.5) is 0 Å². The van der Waals surface area contributed by atoms with Crippen molar-refractivity contribution in [1.29, 1.82) is 0 Å². The lowest BCUT2D eigenvalue weighted by Gasteiger charge is -2.11. The Morgan fingerprint density at radius 3 is 2.51 bits per heavy atom. The third-order valence-corrected chi connectivity index (χ3v) is 6.73. The topological polar surface area (TPSA) is 94.3 Å². The van der Waals surface area contributed by atoms with Gasteiger partial charge < -0.3 is 0 Å². The smallest absolute Gasteiger partial charge is 0.292 e. The number of para-hydroxylation sites is 1. The molecule has 0 unspecified atom stereocenters. The number of benzene rings is 2. The standard InChI is InChI=1S/C28H28ClN7O/c1-3-6-21-8-5-9-25(29)26(21)36-18-22(7-4-2)35(28(36)37)17-19-10-12-20(13-11-19)23-14-15-30-16-24(23)27-31-33-34-32-27/h5,8-16,18H,3-4,6-7,17H2,1-2H3,(H,31,32,33,34). The lowest BCUT2D eigenvalue weighted by molar-refractivity contribution is 0.691.